The van der Waals surface area contributed by atoms with Crippen molar-refractivity contribution in [2.45, 2.75) is 32.4 Å². The number of aliphatic hydroxyl groups is 1. The Hall–Kier alpha value is -1.55. The Kier molecular flexibility index (Phi) is 2.83. The second kappa shape index (κ2) is 4.04. The summed E-state index contributed by atoms with van der Waals surface area (Å²) >= 11 is 0. The molecule has 1 aromatic carbocycles. The molecule has 92 valence electrons. The molecule has 2 unspecified atom stereocenters. The molecule has 4 heteroatoms. The molecule has 0 bridgehead atoms. The van der Waals surface area contributed by atoms with E-state index in [4.69, 9.17) is 5.11 Å². The van der Waals surface area contributed by atoms with Gasteiger partial charge in [0.1, 0.15) is 0 Å². The van der Waals surface area contributed by atoms with Gasteiger partial charge in [-0.1, -0.05) is 13.8 Å². The topological polar surface area (TPSA) is 69.6 Å². The fourth-order valence-electron chi connectivity index (χ4n) is 2.06. The minimum Gasteiger partial charge on any atom is -0.478 e. The summed E-state index contributed by atoms with van der Waals surface area (Å²) in [6, 6.07) is 6.89. The summed E-state index contributed by atoms with van der Waals surface area (Å²) < 4.78 is 0. The number of carboxylic acid groups (broad SMARTS) is 1. The van der Waals surface area contributed by atoms with E-state index in [0.29, 0.717) is 0 Å². The fraction of sp³-hybridized carbons (Fsp3) is 0.462. The summed E-state index contributed by atoms with van der Waals surface area (Å²) in [5, 5.41) is 21.7. The van der Waals surface area contributed by atoms with Gasteiger partial charge in [-0.05, 0) is 30.7 Å². The summed E-state index contributed by atoms with van der Waals surface area (Å²) in [7, 11) is 0. The van der Waals surface area contributed by atoms with E-state index in [-0.39, 0.29) is 23.1 Å². The van der Waals surface area contributed by atoms with E-state index in [0.717, 1.165) is 12.1 Å². The lowest BCUT2D eigenvalue weighted by atomic mass is 9.64. The maximum absolute atomic E-state index is 10.7. The highest BCUT2D eigenvalue weighted by Crippen LogP contribution is 2.42. The molecule has 1 aliphatic carbocycles. The third-order valence-corrected chi connectivity index (χ3v) is 3.69. The predicted molar refractivity (Wildman–Crippen MR) is 65.2 cm³/mol. The first-order valence-electron chi connectivity index (χ1n) is 5.69. The average Bonchev–Trinajstić information content (AvgIpc) is 2.29. The molecular formula is C13H17NO3. The van der Waals surface area contributed by atoms with Gasteiger partial charge in [0.15, 0.2) is 0 Å². The molecule has 1 aromatic rings. The van der Waals surface area contributed by atoms with Gasteiger partial charge in [-0.3, -0.25) is 0 Å². The second-order valence-electron chi connectivity index (χ2n) is 5.15. The van der Waals surface area contributed by atoms with Crippen LogP contribution in [0.15, 0.2) is 24.3 Å². The van der Waals surface area contributed by atoms with Crippen LogP contribution in [0, 0.1) is 5.41 Å². The average molecular weight is 235 g/mol. The van der Waals surface area contributed by atoms with Crippen molar-refractivity contribution in [3.05, 3.63) is 29.8 Å². The molecule has 0 saturated heterocycles. The summed E-state index contributed by atoms with van der Waals surface area (Å²) in [6.45, 7) is 4.04. The van der Waals surface area contributed by atoms with Crippen molar-refractivity contribution in [3.63, 3.8) is 0 Å². The molecule has 3 N–H and O–H groups in total. The Morgan fingerprint density at radius 3 is 2.35 bits per heavy atom. The first-order chi connectivity index (χ1) is 7.91. The first-order valence-corrected chi connectivity index (χ1v) is 5.69. The Balaban J connectivity index is 2.03. The van der Waals surface area contributed by atoms with Gasteiger partial charge in [0, 0.05) is 17.1 Å². The molecule has 0 spiro atoms. The quantitative estimate of drug-likeness (QED) is 0.749. The molecule has 1 aliphatic rings. The Morgan fingerprint density at radius 2 is 1.94 bits per heavy atom. The zero-order valence-corrected chi connectivity index (χ0v) is 9.97. The van der Waals surface area contributed by atoms with Gasteiger partial charge in [-0.25, -0.2) is 4.79 Å². The summed E-state index contributed by atoms with van der Waals surface area (Å²) in [4.78, 5) is 10.7. The van der Waals surface area contributed by atoms with Gasteiger partial charge in [-0.15, -0.1) is 0 Å². The van der Waals surface area contributed by atoms with Crippen LogP contribution in [0.2, 0.25) is 0 Å². The summed E-state index contributed by atoms with van der Waals surface area (Å²) in [5.74, 6) is -0.920. The number of hydrogen-bond acceptors (Lipinski definition) is 3. The molecule has 2 atom stereocenters. The maximum atomic E-state index is 10.7. The third-order valence-electron chi connectivity index (χ3n) is 3.69. The maximum Gasteiger partial charge on any atom is 0.335 e. The van der Waals surface area contributed by atoms with Crippen LogP contribution in [0.5, 0.6) is 0 Å². The molecule has 2 rings (SSSR count). The van der Waals surface area contributed by atoms with Crippen LogP contribution in [0.4, 0.5) is 5.69 Å². The van der Waals surface area contributed by atoms with Crippen molar-refractivity contribution in [1.29, 1.82) is 0 Å². The standard InChI is InChI=1S/C13H17NO3/c1-13(2)10(7-11(13)15)14-9-5-3-8(4-6-9)12(16)17/h3-6,10-11,14-15H,7H2,1-2H3,(H,16,17). The molecule has 0 aromatic heterocycles. The SMILES string of the molecule is CC1(C)C(O)CC1Nc1ccc(C(=O)O)cc1. The van der Waals surface area contributed by atoms with Gasteiger partial charge >= 0.3 is 5.97 Å². The van der Waals surface area contributed by atoms with E-state index >= 15 is 0 Å². The summed E-state index contributed by atoms with van der Waals surface area (Å²) in [5.41, 5.74) is 1.04. The number of aromatic carboxylic acids is 1. The molecular weight excluding hydrogens is 218 g/mol. The normalized spacial score (nSPS) is 26.1. The van der Waals surface area contributed by atoms with E-state index in [2.05, 4.69) is 5.32 Å². The van der Waals surface area contributed by atoms with Crippen LogP contribution < -0.4 is 5.32 Å². The Morgan fingerprint density at radius 1 is 1.35 bits per heavy atom. The van der Waals surface area contributed by atoms with Gasteiger partial charge in [0.05, 0.1) is 11.7 Å². The lowest BCUT2D eigenvalue weighted by molar-refractivity contribution is -0.0510. The minimum absolute atomic E-state index is 0.133. The number of nitrogens with one attached hydrogen (secondary N) is 1. The third kappa shape index (κ3) is 2.13. The number of aliphatic hydroxyl groups excluding tert-OH is 1. The highest BCUT2D eigenvalue weighted by atomic mass is 16.4. The van der Waals surface area contributed by atoms with Crippen molar-refractivity contribution in [2.24, 2.45) is 5.41 Å². The lowest BCUT2D eigenvalue weighted by Gasteiger charge is -2.49. The van der Waals surface area contributed by atoms with Crippen LogP contribution in [0.1, 0.15) is 30.6 Å². The number of anilines is 1. The molecule has 0 heterocycles. The highest BCUT2D eigenvalue weighted by molar-refractivity contribution is 5.88. The molecule has 0 aliphatic heterocycles. The van der Waals surface area contributed by atoms with E-state index in [9.17, 15) is 9.90 Å². The monoisotopic (exact) mass is 235 g/mol. The lowest BCUT2D eigenvalue weighted by Crippen LogP contribution is -2.56. The van der Waals surface area contributed by atoms with Crippen molar-refractivity contribution in [2.75, 3.05) is 5.32 Å². The largest absolute Gasteiger partial charge is 0.478 e. The van der Waals surface area contributed by atoms with Crippen molar-refractivity contribution in [1.82, 2.24) is 0 Å². The summed E-state index contributed by atoms with van der Waals surface area (Å²) in [6.07, 6.45) is 0.464. The molecule has 1 fully saturated rings. The van der Waals surface area contributed by atoms with E-state index < -0.39 is 5.97 Å². The highest BCUT2D eigenvalue weighted by Gasteiger charge is 2.47. The Labute approximate surface area is 100 Å². The molecule has 0 radical (unpaired) electrons. The van der Waals surface area contributed by atoms with Crippen molar-refractivity contribution in [3.8, 4) is 0 Å². The zero-order chi connectivity index (χ0) is 12.6. The number of carboxylic acids is 1. The number of rotatable bonds is 3. The van der Waals surface area contributed by atoms with E-state index in [1.54, 1.807) is 24.3 Å². The van der Waals surface area contributed by atoms with Crippen molar-refractivity contribution < 1.29 is 15.0 Å². The van der Waals surface area contributed by atoms with Gasteiger partial charge in [0.25, 0.3) is 0 Å². The van der Waals surface area contributed by atoms with Gasteiger partial charge in [0.2, 0.25) is 0 Å². The smallest absolute Gasteiger partial charge is 0.335 e. The van der Waals surface area contributed by atoms with E-state index in [1.165, 1.54) is 0 Å². The number of hydrogen-bond donors (Lipinski definition) is 3. The minimum atomic E-state index is -0.920. The van der Waals surface area contributed by atoms with E-state index in [1.807, 2.05) is 13.8 Å². The van der Waals surface area contributed by atoms with Crippen LogP contribution in [0.3, 0.4) is 0 Å². The van der Waals surface area contributed by atoms with Gasteiger partial charge < -0.3 is 15.5 Å². The van der Waals surface area contributed by atoms with Gasteiger partial charge in [-0.2, -0.15) is 0 Å². The van der Waals surface area contributed by atoms with Crippen molar-refractivity contribution >= 4 is 11.7 Å². The molecule has 17 heavy (non-hydrogen) atoms. The zero-order valence-electron chi connectivity index (χ0n) is 9.97. The van der Waals surface area contributed by atoms with Crippen LogP contribution in [-0.4, -0.2) is 28.3 Å². The predicted octanol–water partition coefficient (Wildman–Crippen LogP) is 1.96. The number of benzene rings is 1. The fourth-order valence-corrected chi connectivity index (χ4v) is 2.06. The second-order valence-corrected chi connectivity index (χ2v) is 5.15. The van der Waals surface area contributed by atoms with Crippen LogP contribution >= 0.6 is 0 Å². The Bertz CT molecular complexity index is 425. The molecule has 0 amide bonds. The first kappa shape index (κ1) is 11.9. The number of carbonyl (C=O) groups is 1. The molecule has 4 nitrogen and oxygen atoms in total. The van der Waals surface area contributed by atoms with Crippen LogP contribution in [-0.2, 0) is 0 Å². The molecule has 1 saturated carbocycles. The van der Waals surface area contributed by atoms with Crippen LogP contribution in [0.25, 0.3) is 0 Å².